The number of nitrogens with one attached hydrogen (secondary N) is 1. The highest BCUT2D eigenvalue weighted by atomic mass is 35.5. The van der Waals surface area contributed by atoms with E-state index in [0.29, 0.717) is 0 Å². The number of hydrogen-bond donors (Lipinski definition) is 1. The Labute approximate surface area is 160 Å². The summed E-state index contributed by atoms with van der Waals surface area (Å²) in [5.74, 6) is -1.05. The Balaban J connectivity index is 2.30. The standard InChI is InChI=1S/C16H15Cl2FN2O4S/c1-25-15-6-3-10(17)7-14(15)21(26(2,23)24)9-16(22)20-11-4-5-13(19)12(18)8-11/h3-8H,9H2,1-2H3,(H,20,22). The van der Waals surface area contributed by atoms with Gasteiger partial charge in [0.2, 0.25) is 15.9 Å². The molecule has 1 amide bonds. The summed E-state index contributed by atoms with van der Waals surface area (Å²) in [6, 6.07) is 8.03. The molecule has 0 aliphatic heterocycles. The smallest absolute Gasteiger partial charge is 0.245 e. The Morgan fingerprint density at radius 1 is 1.23 bits per heavy atom. The van der Waals surface area contributed by atoms with Gasteiger partial charge in [0.25, 0.3) is 0 Å². The SMILES string of the molecule is COc1ccc(Cl)cc1N(CC(=O)Nc1ccc(F)c(Cl)c1)S(C)(=O)=O. The Hall–Kier alpha value is -2.03. The third-order valence-corrected chi connectivity index (χ3v) is 4.95. The summed E-state index contributed by atoms with van der Waals surface area (Å²) in [7, 11) is -2.45. The van der Waals surface area contributed by atoms with Gasteiger partial charge < -0.3 is 10.1 Å². The minimum Gasteiger partial charge on any atom is -0.495 e. The van der Waals surface area contributed by atoms with E-state index in [4.69, 9.17) is 27.9 Å². The van der Waals surface area contributed by atoms with E-state index in [2.05, 4.69) is 5.32 Å². The van der Waals surface area contributed by atoms with E-state index in [0.717, 1.165) is 16.6 Å². The number of ether oxygens (including phenoxy) is 1. The zero-order chi connectivity index (χ0) is 19.5. The molecule has 6 nitrogen and oxygen atoms in total. The maximum atomic E-state index is 13.2. The average Bonchev–Trinajstić information content (AvgIpc) is 2.55. The Bertz CT molecular complexity index is 938. The molecule has 0 heterocycles. The second-order valence-corrected chi connectivity index (χ2v) is 8.01. The highest BCUT2D eigenvalue weighted by Gasteiger charge is 2.24. The molecule has 0 atom stereocenters. The van der Waals surface area contributed by atoms with Crippen LogP contribution in [0.25, 0.3) is 0 Å². The number of anilines is 2. The largest absolute Gasteiger partial charge is 0.495 e. The predicted octanol–water partition coefficient (Wildman–Crippen LogP) is 3.55. The number of carbonyl (C=O) groups excluding carboxylic acids is 1. The van der Waals surface area contributed by atoms with Crippen LogP contribution in [0.1, 0.15) is 0 Å². The highest BCUT2D eigenvalue weighted by molar-refractivity contribution is 7.92. The second kappa shape index (κ2) is 8.11. The van der Waals surface area contributed by atoms with Crippen molar-refractivity contribution < 1.29 is 22.3 Å². The first kappa shape index (κ1) is 20.3. The molecule has 26 heavy (non-hydrogen) atoms. The van der Waals surface area contributed by atoms with Gasteiger partial charge in [-0.25, -0.2) is 12.8 Å². The number of benzene rings is 2. The molecule has 2 rings (SSSR count). The highest BCUT2D eigenvalue weighted by Crippen LogP contribution is 2.32. The van der Waals surface area contributed by atoms with Crippen molar-refractivity contribution in [2.45, 2.75) is 0 Å². The molecule has 0 saturated heterocycles. The summed E-state index contributed by atoms with van der Waals surface area (Å²) in [5.41, 5.74) is 0.350. The summed E-state index contributed by atoms with van der Waals surface area (Å²) in [6.07, 6.45) is 0.954. The van der Waals surface area contributed by atoms with Gasteiger partial charge in [-0.1, -0.05) is 23.2 Å². The van der Waals surface area contributed by atoms with Gasteiger partial charge in [0.05, 0.1) is 24.1 Å². The van der Waals surface area contributed by atoms with E-state index in [-0.39, 0.29) is 27.2 Å². The first-order valence-electron chi connectivity index (χ1n) is 7.18. The zero-order valence-corrected chi connectivity index (χ0v) is 16.1. The van der Waals surface area contributed by atoms with Gasteiger partial charge >= 0.3 is 0 Å². The molecule has 0 aliphatic carbocycles. The van der Waals surface area contributed by atoms with Crippen molar-refractivity contribution in [1.82, 2.24) is 0 Å². The van der Waals surface area contributed by atoms with Crippen LogP contribution in [-0.4, -0.2) is 34.2 Å². The number of rotatable bonds is 6. The van der Waals surface area contributed by atoms with Crippen LogP contribution in [-0.2, 0) is 14.8 Å². The van der Waals surface area contributed by atoms with Crippen LogP contribution >= 0.6 is 23.2 Å². The van der Waals surface area contributed by atoms with Crippen molar-refractivity contribution in [2.75, 3.05) is 29.5 Å². The number of sulfonamides is 1. The summed E-state index contributed by atoms with van der Waals surface area (Å²) in [4.78, 5) is 12.3. The van der Waals surface area contributed by atoms with Gasteiger partial charge in [0.1, 0.15) is 18.1 Å². The molecule has 0 radical (unpaired) electrons. The van der Waals surface area contributed by atoms with E-state index in [9.17, 15) is 17.6 Å². The fourth-order valence-electron chi connectivity index (χ4n) is 2.14. The molecule has 0 aliphatic rings. The number of amides is 1. The van der Waals surface area contributed by atoms with Crippen molar-refractivity contribution >= 4 is 50.5 Å². The monoisotopic (exact) mass is 420 g/mol. The van der Waals surface area contributed by atoms with E-state index >= 15 is 0 Å². The number of carbonyl (C=O) groups is 1. The molecule has 2 aromatic carbocycles. The Morgan fingerprint density at radius 3 is 2.50 bits per heavy atom. The van der Waals surface area contributed by atoms with Crippen LogP contribution in [0.4, 0.5) is 15.8 Å². The van der Waals surface area contributed by atoms with E-state index in [1.165, 1.54) is 37.4 Å². The molecule has 0 aromatic heterocycles. The molecule has 140 valence electrons. The Kier molecular flexibility index (Phi) is 6.33. The van der Waals surface area contributed by atoms with Crippen LogP contribution in [0.5, 0.6) is 5.75 Å². The Morgan fingerprint density at radius 2 is 1.92 bits per heavy atom. The molecule has 1 N–H and O–H groups in total. The first-order valence-corrected chi connectivity index (χ1v) is 9.78. The van der Waals surface area contributed by atoms with E-state index in [1.807, 2.05) is 0 Å². The van der Waals surface area contributed by atoms with Gasteiger partial charge in [0.15, 0.2) is 0 Å². The molecule has 0 spiro atoms. The van der Waals surface area contributed by atoms with Gasteiger partial charge in [-0.05, 0) is 36.4 Å². The average molecular weight is 421 g/mol. The van der Waals surface area contributed by atoms with Crippen molar-refractivity contribution in [3.63, 3.8) is 0 Å². The number of nitrogens with zero attached hydrogens (tertiary/aromatic N) is 1. The van der Waals surface area contributed by atoms with Gasteiger partial charge in [-0.15, -0.1) is 0 Å². The molecule has 0 unspecified atom stereocenters. The van der Waals surface area contributed by atoms with E-state index < -0.39 is 28.3 Å². The fraction of sp³-hybridized carbons (Fsp3) is 0.188. The molecular formula is C16H15Cl2FN2O4S. The zero-order valence-electron chi connectivity index (χ0n) is 13.8. The summed E-state index contributed by atoms with van der Waals surface area (Å²) >= 11 is 11.6. The lowest BCUT2D eigenvalue weighted by molar-refractivity contribution is -0.114. The maximum absolute atomic E-state index is 13.2. The summed E-state index contributed by atoms with van der Waals surface area (Å²) < 4.78 is 43.5. The predicted molar refractivity (Wildman–Crippen MR) is 100 cm³/mol. The minimum atomic E-state index is -3.82. The lowest BCUT2D eigenvalue weighted by atomic mass is 10.3. The molecule has 0 fully saturated rings. The molecule has 2 aromatic rings. The minimum absolute atomic E-state index is 0.120. The second-order valence-electron chi connectivity index (χ2n) is 5.26. The quantitative estimate of drug-likeness (QED) is 0.774. The van der Waals surface area contributed by atoms with Crippen molar-refractivity contribution in [3.8, 4) is 5.75 Å². The number of methoxy groups -OCH3 is 1. The summed E-state index contributed by atoms with van der Waals surface area (Å²) in [5, 5.41) is 2.58. The van der Waals surface area contributed by atoms with Crippen LogP contribution in [0.2, 0.25) is 10.0 Å². The molecule has 10 heteroatoms. The normalized spacial score (nSPS) is 11.1. The van der Waals surface area contributed by atoms with Crippen molar-refractivity contribution in [2.24, 2.45) is 0 Å². The maximum Gasteiger partial charge on any atom is 0.245 e. The van der Waals surface area contributed by atoms with Gasteiger partial charge in [0, 0.05) is 10.7 Å². The van der Waals surface area contributed by atoms with Crippen LogP contribution in [0, 0.1) is 5.82 Å². The topological polar surface area (TPSA) is 75.7 Å². The first-order chi connectivity index (χ1) is 12.1. The lowest BCUT2D eigenvalue weighted by Crippen LogP contribution is -2.37. The fourth-order valence-corrected chi connectivity index (χ4v) is 3.34. The third kappa shape index (κ3) is 5.00. The van der Waals surface area contributed by atoms with Crippen molar-refractivity contribution in [3.05, 3.63) is 52.3 Å². The van der Waals surface area contributed by atoms with Crippen LogP contribution in [0.3, 0.4) is 0 Å². The number of hydrogen-bond acceptors (Lipinski definition) is 4. The van der Waals surface area contributed by atoms with Gasteiger partial charge in [-0.3, -0.25) is 9.10 Å². The molecule has 0 bridgehead atoms. The number of halogens is 3. The third-order valence-electron chi connectivity index (χ3n) is 3.30. The van der Waals surface area contributed by atoms with Gasteiger partial charge in [-0.2, -0.15) is 0 Å². The molecular weight excluding hydrogens is 406 g/mol. The lowest BCUT2D eigenvalue weighted by Gasteiger charge is -2.24. The molecule has 0 saturated carbocycles. The van der Waals surface area contributed by atoms with Crippen molar-refractivity contribution in [1.29, 1.82) is 0 Å². The van der Waals surface area contributed by atoms with Crippen LogP contribution < -0.4 is 14.4 Å². The summed E-state index contributed by atoms with van der Waals surface area (Å²) in [6.45, 7) is -0.537. The van der Waals surface area contributed by atoms with Crippen LogP contribution in [0.15, 0.2) is 36.4 Å². The van der Waals surface area contributed by atoms with E-state index in [1.54, 1.807) is 0 Å².